The number of benzene rings is 1. The maximum Gasteiger partial charge on any atom is 0.214 e. The first-order valence-electron chi connectivity index (χ1n) is 8.64. The number of hydrogen-bond donors (Lipinski definition) is 0. The number of methoxy groups -OCH3 is 6. The van der Waals surface area contributed by atoms with E-state index in [0.29, 0.717) is 0 Å². The lowest BCUT2D eigenvalue weighted by Crippen LogP contribution is -2.14. The van der Waals surface area contributed by atoms with Gasteiger partial charge in [-0.3, -0.25) is 0 Å². The summed E-state index contributed by atoms with van der Waals surface area (Å²) < 4.78 is 64.3. The molecule has 0 N–H and O–H groups in total. The molecule has 0 aliphatic carbocycles. The van der Waals surface area contributed by atoms with Crippen LogP contribution in [0, 0.1) is 0 Å². The molecule has 0 radical (unpaired) electrons. The Bertz CT molecular complexity index is 443. The molecule has 12 nitrogen and oxygen atoms in total. The zero-order valence-electron chi connectivity index (χ0n) is 18.1. The molecule has 0 amide bonds. The van der Waals surface area contributed by atoms with Crippen molar-refractivity contribution < 1.29 is 56.8 Å². The Balaban J connectivity index is 3.74. The monoisotopic (exact) mass is 438 g/mol. The summed E-state index contributed by atoms with van der Waals surface area (Å²) in [6.07, 6.45) is 0. The summed E-state index contributed by atoms with van der Waals surface area (Å²) in [7, 11) is 8.79. The van der Waals surface area contributed by atoms with Crippen LogP contribution in [0.15, 0.2) is 0 Å². The molecule has 0 aliphatic rings. The van der Waals surface area contributed by atoms with Crippen molar-refractivity contribution in [3.8, 4) is 34.5 Å². The predicted octanol–water partition coefficient (Wildman–Crippen LogP) is 1.58. The predicted molar refractivity (Wildman–Crippen MR) is 101 cm³/mol. The lowest BCUT2D eigenvalue weighted by atomic mass is 10.2. The summed E-state index contributed by atoms with van der Waals surface area (Å²) in [4.78, 5) is 0. The second kappa shape index (κ2) is 15.6. The average Bonchev–Trinajstić information content (AvgIpc) is 2.76. The molecule has 0 saturated heterocycles. The molecule has 0 unspecified atom stereocenters. The van der Waals surface area contributed by atoms with Crippen LogP contribution >= 0.6 is 0 Å². The first-order chi connectivity index (χ1) is 14.7. The highest BCUT2D eigenvalue weighted by Crippen LogP contribution is 2.58. The molecule has 1 aromatic carbocycles. The van der Waals surface area contributed by atoms with Crippen LogP contribution in [0.5, 0.6) is 34.5 Å². The van der Waals surface area contributed by atoms with Gasteiger partial charge in [-0.15, -0.1) is 0 Å². The van der Waals surface area contributed by atoms with Crippen LogP contribution in [0.4, 0.5) is 0 Å². The first kappa shape index (κ1) is 25.8. The van der Waals surface area contributed by atoms with E-state index in [9.17, 15) is 0 Å². The summed E-state index contributed by atoms with van der Waals surface area (Å²) in [6, 6.07) is 0. The Morgan fingerprint density at radius 3 is 0.533 bits per heavy atom. The molecule has 0 aromatic heterocycles. The summed E-state index contributed by atoms with van der Waals surface area (Å²) in [5.74, 6) is 0.627. The summed E-state index contributed by atoms with van der Waals surface area (Å²) in [6.45, 7) is -0.760. The number of rotatable bonds is 18. The minimum Gasteiger partial charge on any atom is -0.459 e. The van der Waals surface area contributed by atoms with E-state index in [4.69, 9.17) is 56.8 Å². The van der Waals surface area contributed by atoms with Crippen LogP contribution in [0.25, 0.3) is 0 Å². The van der Waals surface area contributed by atoms with Gasteiger partial charge in [0.25, 0.3) is 0 Å². The fraction of sp³-hybridized carbons (Fsp3) is 0.667. The van der Waals surface area contributed by atoms with Crippen molar-refractivity contribution in [2.45, 2.75) is 0 Å². The van der Waals surface area contributed by atoms with Crippen molar-refractivity contribution in [1.82, 2.24) is 0 Å². The Morgan fingerprint density at radius 1 is 0.300 bits per heavy atom. The van der Waals surface area contributed by atoms with Crippen LogP contribution in [-0.4, -0.2) is 83.4 Å². The van der Waals surface area contributed by atoms with Gasteiger partial charge in [-0.1, -0.05) is 0 Å². The Labute approximate surface area is 175 Å². The molecule has 174 valence electrons. The molecule has 0 aliphatic heterocycles. The SMILES string of the molecule is COCOc1c(OCOC)c(OCOC)c(OCOC)c(OCOC)c1OCOC. The van der Waals surface area contributed by atoms with Crippen LogP contribution < -0.4 is 28.4 Å². The van der Waals surface area contributed by atoms with Gasteiger partial charge in [-0.2, -0.15) is 0 Å². The van der Waals surface area contributed by atoms with E-state index in [1.807, 2.05) is 0 Å². The van der Waals surface area contributed by atoms with Crippen LogP contribution in [0.1, 0.15) is 0 Å². The largest absolute Gasteiger partial charge is 0.459 e. The van der Waals surface area contributed by atoms with Crippen molar-refractivity contribution in [1.29, 1.82) is 0 Å². The van der Waals surface area contributed by atoms with Gasteiger partial charge < -0.3 is 56.8 Å². The third kappa shape index (κ3) is 7.55. The molecule has 0 saturated carbocycles. The summed E-state index contributed by atoms with van der Waals surface area (Å²) in [5, 5.41) is 0. The van der Waals surface area contributed by atoms with E-state index in [0.717, 1.165) is 0 Å². The molecule has 1 rings (SSSR count). The Hall–Kier alpha value is -2.22. The number of hydrogen-bond acceptors (Lipinski definition) is 12. The molecule has 0 heterocycles. The average molecular weight is 438 g/mol. The third-order valence-corrected chi connectivity index (χ3v) is 3.16. The second-order valence-electron chi connectivity index (χ2n) is 5.28. The van der Waals surface area contributed by atoms with E-state index < -0.39 is 0 Å². The van der Waals surface area contributed by atoms with Gasteiger partial charge in [0.2, 0.25) is 34.5 Å². The van der Waals surface area contributed by atoms with E-state index in [1.54, 1.807) is 0 Å². The fourth-order valence-electron chi connectivity index (χ4n) is 2.11. The van der Waals surface area contributed by atoms with E-state index in [1.165, 1.54) is 42.7 Å². The lowest BCUT2D eigenvalue weighted by molar-refractivity contribution is 0.000822. The maximum atomic E-state index is 5.70. The summed E-state index contributed by atoms with van der Waals surface area (Å²) in [5.41, 5.74) is 0. The lowest BCUT2D eigenvalue weighted by Gasteiger charge is -2.24. The van der Waals surface area contributed by atoms with Crippen molar-refractivity contribution in [2.24, 2.45) is 0 Å². The van der Waals surface area contributed by atoms with E-state index >= 15 is 0 Å². The van der Waals surface area contributed by atoms with Crippen LogP contribution in [0.2, 0.25) is 0 Å². The maximum absolute atomic E-state index is 5.70. The van der Waals surface area contributed by atoms with Crippen LogP contribution in [0.3, 0.4) is 0 Å². The molecule has 30 heavy (non-hydrogen) atoms. The minimum atomic E-state index is -0.127. The van der Waals surface area contributed by atoms with Gasteiger partial charge in [0.15, 0.2) is 40.8 Å². The van der Waals surface area contributed by atoms with Crippen molar-refractivity contribution in [2.75, 3.05) is 83.4 Å². The molecule has 0 fully saturated rings. The Morgan fingerprint density at radius 2 is 0.433 bits per heavy atom. The fourth-order valence-corrected chi connectivity index (χ4v) is 2.11. The smallest absolute Gasteiger partial charge is 0.214 e. The van der Waals surface area contributed by atoms with Gasteiger partial charge in [0, 0.05) is 42.7 Å². The topological polar surface area (TPSA) is 111 Å². The van der Waals surface area contributed by atoms with Gasteiger partial charge in [0.1, 0.15) is 0 Å². The zero-order chi connectivity index (χ0) is 22.2. The van der Waals surface area contributed by atoms with Gasteiger partial charge in [0.05, 0.1) is 0 Å². The molecular weight excluding hydrogens is 408 g/mol. The molecule has 0 spiro atoms. The second-order valence-corrected chi connectivity index (χ2v) is 5.28. The zero-order valence-corrected chi connectivity index (χ0v) is 18.1. The molecular formula is C18H30O12. The van der Waals surface area contributed by atoms with E-state index in [-0.39, 0.29) is 75.3 Å². The van der Waals surface area contributed by atoms with Crippen molar-refractivity contribution >= 4 is 0 Å². The van der Waals surface area contributed by atoms with Crippen molar-refractivity contribution in [3.05, 3.63) is 0 Å². The summed E-state index contributed by atoms with van der Waals surface area (Å²) >= 11 is 0. The normalized spacial score (nSPS) is 10.6. The van der Waals surface area contributed by atoms with Gasteiger partial charge >= 0.3 is 0 Å². The van der Waals surface area contributed by atoms with Gasteiger partial charge in [-0.25, -0.2) is 0 Å². The van der Waals surface area contributed by atoms with Gasteiger partial charge in [-0.05, 0) is 0 Å². The highest BCUT2D eigenvalue weighted by molar-refractivity contribution is 5.73. The minimum absolute atomic E-state index is 0.105. The molecule has 0 atom stereocenters. The molecule has 1 aromatic rings. The highest BCUT2D eigenvalue weighted by Gasteiger charge is 2.32. The first-order valence-corrected chi connectivity index (χ1v) is 8.64. The molecule has 12 heteroatoms. The number of ether oxygens (including phenoxy) is 12. The standard InChI is InChI=1S/C18H30O12/c1-19-7-25-13-14(26-8-20-2)16(28-10-22-4)18(30-12-24-6)17(29-11-23-5)15(13)27-9-21-3/h7-12H2,1-6H3. The Kier molecular flexibility index (Phi) is 13.4. The third-order valence-electron chi connectivity index (χ3n) is 3.16. The molecule has 0 bridgehead atoms. The van der Waals surface area contributed by atoms with E-state index in [2.05, 4.69) is 0 Å². The van der Waals surface area contributed by atoms with Crippen LogP contribution in [-0.2, 0) is 28.4 Å². The van der Waals surface area contributed by atoms with Crippen molar-refractivity contribution in [3.63, 3.8) is 0 Å². The quantitative estimate of drug-likeness (QED) is 0.310. The highest BCUT2D eigenvalue weighted by atomic mass is 16.7.